The summed E-state index contributed by atoms with van der Waals surface area (Å²) in [7, 11) is 0. The Bertz CT molecular complexity index is 406. The predicted molar refractivity (Wildman–Crippen MR) is 68.2 cm³/mol. The molecule has 0 unspecified atom stereocenters. The molecule has 0 heterocycles. The van der Waals surface area contributed by atoms with Crippen LogP contribution in [0.15, 0.2) is 30.3 Å². The Hall–Kier alpha value is -1.72. The predicted octanol–water partition coefficient (Wildman–Crippen LogP) is 0.779. The van der Waals surface area contributed by atoms with Crippen LogP contribution in [0.4, 0.5) is 0 Å². The normalized spacial score (nSPS) is 13.9. The van der Waals surface area contributed by atoms with Crippen LogP contribution in [0.2, 0.25) is 0 Å². The summed E-state index contributed by atoms with van der Waals surface area (Å²) < 4.78 is 0. The first kappa shape index (κ1) is 14.3. The van der Waals surface area contributed by atoms with Gasteiger partial charge in [-0.15, -0.1) is 0 Å². The largest absolute Gasteiger partial charge is 0.480 e. The summed E-state index contributed by atoms with van der Waals surface area (Å²) in [4.78, 5) is 22.4. The molecule has 1 aromatic carbocycles. The summed E-state index contributed by atoms with van der Waals surface area (Å²) in [5, 5.41) is 8.61. The van der Waals surface area contributed by atoms with Gasteiger partial charge in [-0.2, -0.15) is 0 Å². The average Bonchev–Trinajstić information content (AvgIpc) is 2.38. The minimum Gasteiger partial charge on any atom is -0.480 e. The third-order valence-corrected chi connectivity index (χ3v) is 2.74. The summed E-state index contributed by atoms with van der Waals surface area (Å²) in [6, 6.07) is 7.32. The first-order chi connectivity index (χ1) is 8.52. The molecule has 0 aromatic heterocycles. The van der Waals surface area contributed by atoms with Crippen molar-refractivity contribution in [2.45, 2.75) is 31.3 Å². The lowest BCUT2D eigenvalue weighted by Crippen LogP contribution is -2.33. The molecule has 0 spiro atoms. The highest BCUT2D eigenvalue weighted by molar-refractivity contribution is 5.99. The number of aliphatic carboxylic acids is 1. The van der Waals surface area contributed by atoms with Crippen LogP contribution in [-0.4, -0.2) is 28.9 Å². The quantitative estimate of drug-likeness (QED) is 0.620. The summed E-state index contributed by atoms with van der Waals surface area (Å²) in [5.41, 5.74) is 11.7. The third kappa shape index (κ3) is 4.27. The van der Waals surface area contributed by atoms with Gasteiger partial charge < -0.3 is 16.6 Å². The number of Topliss-reactive ketones (excluding diaryl/α,β-unsaturated/α-hetero) is 1. The van der Waals surface area contributed by atoms with Crippen LogP contribution >= 0.6 is 0 Å². The lowest BCUT2D eigenvalue weighted by molar-refractivity contribution is -0.138. The molecule has 0 bridgehead atoms. The summed E-state index contributed by atoms with van der Waals surface area (Å²) in [6.45, 7) is 0. The molecule has 1 aromatic rings. The van der Waals surface area contributed by atoms with Crippen LogP contribution in [0.5, 0.6) is 0 Å². The fourth-order valence-corrected chi connectivity index (χ4v) is 1.63. The van der Waals surface area contributed by atoms with E-state index in [1.807, 2.05) is 6.07 Å². The number of carboxylic acid groups (broad SMARTS) is 1. The zero-order valence-corrected chi connectivity index (χ0v) is 10.1. The zero-order valence-electron chi connectivity index (χ0n) is 10.1. The van der Waals surface area contributed by atoms with Gasteiger partial charge >= 0.3 is 5.97 Å². The van der Waals surface area contributed by atoms with Crippen molar-refractivity contribution < 1.29 is 14.7 Å². The first-order valence-corrected chi connectivity index (χ1v) is 5.85. The number of carbonyl (C=O) groups excluding carboxylic acids is 1. The number of rotatable bonds is 7. The van der Waals surface area contributed by atoms with Gasteiger partial charge in [0.1, 0.15) is 6.04 Å². The van der Waals surface area contributed by atoms with Gasteiger partial charge in [0.25, 0.3) is 0 Å². The minimum atomic E-state index is -1.03. The molecular formula is C13H18N2O3. The maximum Gasteiger partial charge on any atom is 0.320 e. The highest BCUT2D eigenvalue weighted by Crippen LogP contribution is 2.08. The van der Waals surface area contributed by atoms with Crippen molar-refractivity contribution >= 4 is 11.8 Å². The fraction of sp³-hybridized carbons (Fsp3) is 0.385. The number of ketones is 1. The van der Waals surface area contributed by atoms with Gasteiger partial charge in [-0.1, -0.05) is 30.3 Å². The Kier molecular flexibility index (Phi) is 5.48. The molecular weight excluding hydrogens is 232 g/mol. The Morgan fingerprint density at radius 3 is 2.17 bits per heavy atom. The van der Waals surface area contributed by atoms with E-state index in [1.54, 1.807) is 24.3 Å². The standard InChI is InChI=1S/C13H18N2O3/c14-10(7-4-8-11(15)13(17)18)12(16)9-5-2-1-3-6-9/h1-3,5-6,10-11H,4,7-8,14-15H2,(H,17,18)/t10-,11-/m1/s1. The van der Waals surface area contributed by atoms with Crippen LogP contribution < -0.4 is 11.5 Å². The molecule has 1 rings (SSSR count). The number of hydrogen-bond acceptors (Lipinski definition) is 4. The van der Waals surface area contributed by atoms with Crippen molar-refractivity contribution in [2.75, 3.05) is 0 Å². The second kappa shape index (κ2) is 6.88. The fourth-order valence-electron chi connectivity index (χ4n) is 1.63. The number of hydrogen-bond donors (Lipinski definition) is 3. The van der Waals surface area contributed by atoms with Gasteiger partial charge in [0, 0.05) is 5.56 Å². The van der Waals surface area contributed by atoms with E-state index in [2.05, 4.69) is 0 Å². The first-order valence-electron chi connectivity index (χ1n) is 5.85. The maximum atomic E-state index is 11.9. The van der Waals surface area contributed by atoms with E-state index in [0.29, 0.717) is 24.8 Å². The number of carboxylic acids is 1. The Morgan fingerprint density at radius 1 is 1.06 bits per heavy atom. The van der Waals surface area contributed by atoms with Crippen LogP contribution in [0.1, 0.15) is 29.6 Å². The second-order valence-electron chi connectivity index (χ2n) is 4.21. The van der Waals surface area contributed by atoms with Crippen molar-refractivity contribution in [3.63, 3.8) is 0 Å². The molecule has 0 amide bonds. The molecule has 5 nitrogen and oxygen atoms in total. The van der Waals surface area contributed by atoms with Gasteiger partial charge in [0.05, 0.1) is 6.04 Å². The number of nitrogens with two attached hydrogens (primary N) is 2. The van der Waals surface area contributed by atoms with Crippen LogP contribution in [0, 0.1) is 0 Å². The summed E-state index contributed by atoms with van der Waals surface area (Å²) >= 11 is 0. The highest BCUT2D eigenvalue weighted by Gasteiger charge is 2.17. The molecule has 5 N–H and O–H groups in total. The van der Waals surface area contributed by atoms with Crippen molar-refractivity contribution in [1.29, 1.82) is 0 Å². The van der Waals surface area contributed by atoms with E-state index >= 15 is 0 Å². The molecule has 98 valence electrons. The average molecular weight is 250 g/mol. The molecule has 0 aliphatic rings. The van der Waals surface area contributed by atoms with Crippen molar-refractivity contribution in [1.82, 2.24) is 0 Å². The van der Waals surface area contributed by atoms with E-state index in [1.165, 1.54) is 0 Å². The van der Waals surface area contributed by atoms with Gasteiger partial charge in [-0.25, -0.2) is 0 Å². The third-order valence-electron chi connectivity index (χ3n) is 2.74. The van der Waals surface area contributed by atoms with E-state index in [0.717, 1.165) is 0 Å². The van der Waals surface area contributed by atoms with Crippen LogP contribution in [-0.2, 0) is 4.79 Å². The molecule has 0 aliphatic carbocycles. The molecule has 0 fully saturated rings. The molecule has 5 heteroatoms. The molecule has 0 radical (unpaired) electrons. The lowest BCUT2D eigenvalue weighted by atomic mass is 9.99. The topological polar surface area (TPSA) is 106 Å². The monoisotopic (exact) mass is 250 g/mol. The lowest BCUT2D eigenvalue weighted by Gasteiger charge is -2.11. The summed E-state index contributed by atoms with van der Waals surface area (Å²) in [6.07, 6.45) is 1.28. The number of benzene rings is 1. The van der Waals surface area contributed by atoms with E-state index in [-0.39, 0.29) is 5.78 Å². The molecule has 0 saturated carbocycles. The summed E-state index contributed by atoms with van der Waals surface area (Å²) in [5.74, 6) is -1.16. The number of carbonyl (C=O) groups is 2. The minimum absolute atomic E-state index is 0.125. The van der Waals surface area contributed by atoms with Gasteiger partial charge in [-0.05, 0) is 19.3 Å². The zero-order chi connectivity index (χ0) is 13.5. The van der Waals surface area contributed by atoms with Crippen molar-refractivity contribution in [3.05, 3.63) is 35.9 Å². The maximum absolute atomic E-state index is 11.9. The van der Waals surface area contributed by atoms with E-state index in [4.69, 9.17) is 16.6 Å². The molecule has 0 aliphatic heterocycles. The van der Waals surface area contributed by atoms with Crippen LogP contribution in [0.25, 0.3) is 0 Å². The Morgan fingerprint density at radius 2 is 1.61 bits per heavy atom. The van der Waals surface area contributed by atoms with Crippen LogP contribution in [0.3, 0.4) is 0 Å². The highest BCUT2D eigenvalue weighted by atomic mass is 16.4. The Labute approximate surface area is 106 Å². The smallest absolute Gasteiger partial charge is 0.320 e. The Balaban J connectivity index is 2.40. The molecule has 18 heavy (non-hydrogen) atoms. The van der Waals surface area contributed by atoms with Gasteiger partial charge in [-0.3, -0.25) is 9.59 Å². The van der Waals surface area contributed by atoms with Crippen molar-refractivity contribution in [2.24, 2.45) is 11.5 Å². The van der Waals surface area contributed by atoms with Crippen molar-refractivity contribution in [3.8, 4) is 0 Å². The van der Waals surface area contributed by atoms with Gasteiger partial charge in [0.2, 0.25) is 0 Å². The molecule has 2 atom stereocenters. The van der Waals surface area contributed by atoms with E-state index < -0.39 is 18.1 Å². The van der Waals surface area contributed by atoms with Gasteiger partial charge in [0.15, 0.2) is 5.78 Å². The van der Waals surface area contributed by atoms with E-state index in [9.17, 15) is 9.59 Å². The molecule has 0 saturated heterocycles. The SMILES string of the molecule is N[C@H](CCC[C@@H](N)C(=O)c1ccccc1)C(=O)O. The second-order valence-corrected chi connectivity index (χ2v) is 4.21.